The summed E-state index contributed by atoms with van der Waals surface area (Å²) in [5, 5.41) is 2.84. The zero-order valence-corrected chi connectivity index (χ0v) is 23.2. The molecule has 8 nitrogen and oxygen atoms in total. The Bertz CT molecular complexity index is 1340. The molecule has 9 heteroatoms. The van der Waals surface area contributed by atoms with Gasteiger partial charge in [0.2, 0.25) is 11.8 Å². The first-order valence-electron chi connectivity index (χ1n) is 12.4. The number of rotatable bonds is 11. The molecule has 3 rings (SSSR count). The van der Waals surface area contributed by atoms with Crippen molar-refractivity contribution in [1.29, 1.82) is 0 Å². The normalized spacial score (nSPS) is 12.1. The van der Waals surface area contributed by atoms with Gasteiger partial charge in [-0.2, -0.15) is 0 Å². The van der Waals surface area contributed by atoms with Gasteiger partial charge in [-0.3, -0.25) is 13.9 Å². The minimum Gasteiger partial charge on any atom is -0.497 e. The Labute approximate surface area is 225 Å². The molecule has 0 fully saturated rings. The van der Waals surface area contributed by atoms with Crippen molar-refractivity contribution >= 4 is 27.5 Å². The number of anilines is 1. The Balaban J connectivity index is 2.04. The number of carbonyl (C=O) groups is 2. The van der Waals surface area contributed by atoms with Crippen LogP contribution in [0.1, 0.15) is 31.9 Å². The van der Waals surface area contributed by atoms with Gasteiger partial charge in [0.25, 0.3) is 10.0 Å². The van der Waals surface area contributed by atoms with Crippen LogP contribution in [0.2, 0.25) is 0 Å². The van der Waals surface area contributed by atoms with E-state index in [0.717, 1.165) is 15.4 Å². The van der Waals surface area contributed by atoms with Crippen molar-refractivity contribution in [1.82, 2.24) is 10.2 Å². The number of nitrogens with zero attached hydrogens (tertiary/aromatic N) is 2. The maximum absolute atomic E-state index is 13.9. The summed E-state index contributed by atoms with van der Waals surface area (Å²) >= 11 is 0. The Morgan fingerprint density at radius 2 is 1.58 bits per heavy atom. The van der Waals surface area contributed by atoms with E-state index in [9.17, 15) is 18.0 Å². The zero-order valence-electron chi connectivity index (χ0n) is 22.4. The highest BCUT2D eigenvalue weighted by Crippen LogP contribution is 2.27. The predicted octanol–water partition coefficient (Wildman–Crippen LogP) is 4.14. The van der Waals surface area contributed by atoms with E-state index in [-0.39, 0.29) is 29.1 Å². The van der Waals surface area contributed by atoms with Crippen LogP contribution in [0.15, 0.2) is 83.8 Å². The average molecular weight is 538 g/mol. The molecule has 0 aromatic heterocycles. The van der Waals surface area contributed by atoms with Crippen LogP contribution in [0, 0.1) is 6.92 Å². The van der Waals surface area contributed by atoms with E-state index in [1.54, 1.807) is 43.3 Å². The molecule has 0 saturated carbocycles. The molecule has 0 aliphatic carbocycles. The Morgan fingerprint density at radius 3 is 2.18 bits per heavy atom. The van der Waals surface area contributed by atoms with E-state index in [4.69, 9.17) is 4.74 Å². The van der Waals surface area contributed by atoms with Crippen molar-refractivity contribution in [3.63, 3.8) is 0 Å². The lowest BCUT2D eigenvalue weighted by molar-refractivity contribution is -0.139. The minimum absolute atomic E-state index is 0.0546. The molecule has 2 amide bonds. The number of amides is 2. The van der Waals surface area contributed by atoms with Crippen molar-refractivity contribution in [2.75, 3.05) is 18.0 Å². The van der Waals surface area contributed by atoms with Crippen molar-refractivity contribution in [2.24, 2.45) is 0 Å². The van der Waals surface area contributed by atoms with E-state index >= 15 is 0 Å². The number of carbonyl (C=O) groups excluding carboxylic acids is 2. The highest BCUT2D eigenvalue weighted by Gasteiger charge is 2.32. The van der Waals surface area contributed by atoms with Crippen LogP contribution in [0.3, 0.4) is 0 Å². The Hall–Kier alpha value is -3.85. The monoisotopic (exact) mass is 537 g/mol. The Kier molecular flexibility index (Phi) is 9.52. The molecule has 0 saturated heterocycles. The molecule has 1 N–H and O–H groups in total. The fraction of sp³-hybridized carbons (Fsp3) is 0.310. The molecule has 0 spiro atoms. The number of sulfonamides is 1. The number of nitrogens with one attached hydrogen (secondary N) is 1. The zero-order chi connectivity index (χ0) is 27.9. The lowest BCUT2D eigenvalue weighted by atomic mass is 10.1. The lowest BCUT2D eigenvalue weighted by Gasteiger charge is -2.32. The van der Waals surface area contributed by atoms with Crippen molar-refractivity contribution in [3.8, 4) is 5.75 Å². The number of aryl methyl sites for hydroxylation is 1. The maximum Gasteiger partial charge on any atom is 0.264 e. The molecule has 0 radical (unpaired) electrons. The molecule has 0 aliphatic rings. The first kappa shape index (κ1) is 28.7. The number of hydrogen-bond donors (Lipinski definition) is 1. The van der Waals surface area contributed by atoms with Gasteiger partial charge in [-0.1, -0.05) is 54.1 Å². The van der Waals surface area contributed by atoms with Gasteiger partial charge < -0.3 is 15.0 Å². The Morgan fingerprint density at radius 1 is 0.921 bits per heavy atom. The smallest absolute Gasteiger partial charge is 0.264 e. The molecule has 3 aromatic carbocycles. The van der Waals surface area contributed by atoms with Crippen LogP contribution in [0.5, 0.6) is 5.75 Å². The van der Waals surface area contributed by atoms with Gasteiger partial charge in [0, 0.05) is 18.7 Å². The standard InChI is InChI=1S/C29H35N3O5S/c1-21(2)30-29(34)23(4)31(19-24-10-7-6-8-11-24)28(33)20-32(25-12-9-13-26(18-25)37-5)38(35,36)27-16-14-22(3)15-17-27/h6-18,21,23H,19-20H2,1-5H3,(H,30,34). The molecular formula is C29H35N3O5S. The highest BCUT2D eigenvalue weighted by molar-refractivity contribution is 7.92. The summed E-state index contributed by atoms with van der Waals surface area (Å²) in [4.78, 5) is 28.2. The number of ether oxygens (including phenoxy) is 1. The molecule has 1 unspecified atom stereocenters. The van der Waals surface area contributed by atoms with Crippen LogP contribution < -0.4 is 14.4 Å². The van der Waals surface area contributed by atoms with E-state index in [0.29, 0.717) is 5.75 Å². The molecule has 0 bridgehead atoms. The molecule has 0 aliphatic heterocycles. The first-order valence-corrected chi connectivity index (χ1v) is 13.8. The van der Waals surface area contributed by atoms with Crippen LogP contribution in [-0.2, 0) is 26.2 Å². The van der Waals surface area contributed by atoms with E-state index in [2.05, 4.69) is 5.32 Å². The average Bonchev–Trinajstić information content (AvgIpc) is 2.90. The number of hydrogen-bond acceptors (Lipinski definition) is 5. The number of methoxy groups -OCH3 is 1. The molecule has 0 heterocycles. The van der Waals surface area contributed by atoms with Gasteiger partial charge in [0.05, 0.1) is 17.7 Å². The van der Waals surface area contributed by atoms with Gasteiger partial charge in [0.1, 0.15) is 18.3 Å². The van der Waals surface area contributed by atoms with E-state index < -0.39 is 28.5 Å². The van der Waals surface area contributed by atoms with Crippen molar-refractivity contribution < 1.29 is 22.7 Å². The predicted molar refractivity (Wildman–Crippen MR) is 148 cm³/mol. The summed E-state index contributed by atoms with van der Waals surface area (Å²) in [6.07, 6.45) is 0. The third-order valence-corrected chi connectivity index (χ3v) is 7.81. The molecular weight excluding hydrogens is 502 g/mol. The topological polar surface area (TPSA) is 96.0 Å². The van der Waals surface area contributed by atoms with Gasteiger partial charge in [-0.05, 0) is 57.5 Å². The highest BCUT2D eigenvalue weighted by atomic mass is 32.2. The third-order valence-electron chi connectivity index (χ3n) is 6.02. The van der Waals surface area contributed by atoms with Crippen LogP contribution in [0.25, 0.3) is 0 Å². The fourth-order valence-corrected chi connectivity index (χ4v) is 5.31. The second-order valence-electron chi connectivity index (χ2n) is 9.37. The second-order valence-corrected chi connectivity index (χ2v) is 11.2. The third kappa shape index (κ3) is 7.13. The second kappa shape index (κ2) is 12.6. The quantitative estimate of drug-likeness (QED) is 0.397. The summed E-state index contributed by atoms with van der Waals surface area (Å²) in [5.41, 5.74) is 2.00. The largest absolute Gasteiger partial charge is 0.497 e. The van der Waals surface area contributed by atoms with Gasteiger partial charge in [-0.25, -0.2) is 8.42 Å². The van der Waals surface area contributed by atoms with Crippen LogP contribution in [0.4, 0.5) is 5.69 Å². The fourth-order valence-electron chi connectivity index (χ4n) is 3.90. The number of benzene rings is 3. The van der Waals surface area contributed by atoms with Crippen LogP contribution in [-0.4, -0.2) is 50.9 Å². The van der Waals surface area contributed by atoms with Crippen molar-refractivity contribution in [3.05, 3.63) is 90.0 Å². The first-order chi connectivity index (χ1) is 18.0. The lowest BCUT2D eigenvalue weighted by Crippen LogP contribution is -2.52. The van der Waals surface area contributed by atoms with E-state index in [1.165, 1.54) is 24.1 Å². The molecule has 1 atom stereocenters. The summed E-state index contributed by atoms with van der Waals surface area (Å²) < 4.78 is 34.1. The summed E-state index contributed by atoms with van der Waals surface area (Å²) in [5.74, 6) is -0.387. The van der Waals surface area contributed by atoms with Gasteiger partial charge in [-0.15, -0.1) is 0 Å². The SMILES string of the molecule is COc1cccc(N(CC(=O)N(Cc2ccccc2)C(C)C(=O)NC(C)C)S(=O)(=O)c2ccc(C)cc2)c1. The molecule has 202 valence electrons. The summed E-state index contributed by atoms with van der Waals surface area (Å²) in [6, 6.07) is 21.3. The molecule has 38 heavy (non-hydrogen) atoms. The van der Waals surface area contributed by atoms with Gasteiger partial charge in [0.15, 0.2) is 0 Å². The van der Waals surface area contributed by atoms with Crippen molar-refractivity contribution in [2.45, 2.75) is 51.2 Å². The minimum atomic E-state index is -4.13. The maximum atomic E-state index is 13.9. The summed E-state index contributed by atoms with van der Waals surface area (Å²) in [6.45, 7) is 6.82. The van der Waals surface area contributed by atoms with Crippen LogP contribution >= 0.6 is 0 Å². The van der Waals surface area contributed by atoms with Gasteiger partial charge >= 0.3 is 0 Å². The van der Waals surface area contributed by atoms with E-state index in [1.807, 2.05) is 51.1 Å². The molecule has 3 aromatic rings. The summed E-state index contributed by atoms with van der Waals surface area (Å²) in [7, 11) is -2.65.